The first-order valence-corrected chi connectivity index (χ1v) is 10.4. The summed E-state index contributed by atoms with van der Waals surface area (Å²) >= 11 is 0. The normalized spacial score (nSPS) is 13.4. The van der Waals surface area contributed by atoms with Crippen LogP contribution in [0, 0.1) is 0 Å². The predicted molar refractivity (Wildman–Crippen MR) is 121 cm³/mol. The Morgan fingerprint density at radius 2 is 1.63 bits per heavy atom. The summed E-state index contributed by atoms with van der Waals surface area (Å²) in [6.45, 7) is 4.62. The molecule has 3 aromatic rings. The summed E-state index contributed by atoms with van der Waals surface area (Å²) < 4.78 is 5.85. The first-order chi connectivity index (χ1) is 14.7. The topological polar surface area (TPSA) is 44.8 Å². The fraction of sp³-hybridized carbons (Fsp3) is 0.240. The smallest absolute Gasteiger partial charge is 0.321 e. The Morgan fingerprint density at radius 3 is 2.33 bits per heavy atom. The van der Waals surface area contributed by atoms with Crippen LogP contribution in [0.1, 0.15) is 13.3 Å². The van der Waals surface area contributed by atoms with E-state index in [2.05, 4.69) is 41.4 Å². The molecule has 0 aromatic heterocycles. The molecule has 5 nitrogen and oxygen atoms in total. The average molecular weight is 402 g/mol. The number of carbonyl (C=O) groups excluding carboxylic acids is 1. The van der Waals surface area contributed by atoms with Crippen molar-refractivity contribution in [1.82, 2.24) is 4.90 Å². The van der Waals surface area contributed by atoms with Gasteiger partial charge in [0.15, 0.2) is 0 Å². The molecule has 154 valence electrons. The molecule has 1 N–H and O–H groups in total. The molecule has 3 aromatic carbocycles. The van der Waals surface area contributed by atoms with Gasteiger partial charge in [0, 0.05) is 37.1 Å². The molecule has 0 unspecified atom stereocenters. The molecule has 0 spiro atoms. The molecule has 0 atom stereocenters. The van der Waals surface area contributed by atoms with Crippen LogP contribution in [0.4, 0.5) is 16.2 Å². The molecule has 1 aliphatic rings. The van der Waals surface area contributed by atoms with Crippen LogP contribution in [0.15, 0.2) is 84.9 Å². The van der Waals surface area contributed by atoms with Gasteiger partial charge in [-0.2, -0.15) is 0 Å². The molecular weight excluding hydrogens is 374 g/mol. The minimum Gasteiger partial charge on any atom is -0.457 e. The summed E-state index contributed by atoms with van der Waals surface area (Å²) in [6.07, 6.45) is 1.08. The van der Waals surface area contributed by atoms with Gasteiger partial charge in [0.05, 0.1) is 6.04 Å². The van der Waals surface area contributed by atoms with Crippen molar-refractivity contribution in [3.63, 3.8) is 0 Å². The van der Waals surface area contributed by atoms with Crippen LogP contribution in [0.25, 0.3) is 0 Å². The molecule has 1 heterocycles. The van der Waals surface area contributed by atoms with Crippen LogP contribution in [0.5, 0.6) is 11.5 Å². The number of nitrogens with one attached hydrogen (secondary N) is 1. The zero-order chi connectivity index (χ0) is 20.8. The van der Waals surface area contributed by atoms with Crippen molar-refractivity contribution >= 4 is 17.4 Å². The largest absolute Gasteiger partial charge is 0.457 e. The van der Waals surface area contributed by atoms with Gasteiger partial charge in [0.25, 0.3) is 0 Å². The molecule has 30 heavy (non-hydrogen) atoms. The zero-order valence-corrected chi connectivity index (χ0v) is 17.2. The van der Waals surface area contributed by atoms with Gasteiger partial charge in [-0.3, -0.25) is 0 Å². The SMILES string of the molecule is CCCN(c1ccccc1)C1CN(C(=O)Nc2cccc(Oc3ccccc3)c2)C1. The number of amides is 2. The first-order valence-electron chi connectivity index (χ1n) is 10.4. The first kappa shape index (κ1) is 19.8. The van der Waals surface area contributed by atoms with Crippen LogP contribution in [0.3, 0.4) is 0 Å². The molecule has 0 bridgehead atoms. The number of para-hydroxylation sites is 2. The highest BCUT2D eigenvalue weighted by Crippen LogP contribution is 2.26. The molecule has 1 saturated heterocycles. The number of rotatable bonds is 7. The maximum Gasteiger partial charge on any atom is 0.321 e. The highest BCUT2D eigenvalue weighted by Gasteiger charge is 2.34. The number of carbonyl (C=O) groups is 1. The van der Waals surface area contributed by atoms with Crippen LogP contribution < -0.4 is 15.0 Å². The second-order valence-electron chi connectivity index (χ2n) is 7.46. The molecule has 0 saturated carbocycles. The molecule has 1 fully saturated rings. The Bertz CT molecular complexity index is 956. The monoisotopic (exact) mass is 401 g/mol. The third kappa shape index (κ3) is 4.74. The minimum atomic E-state index is -0.0763. The predicted octanol–water partition coefficient (Wildman–Crippen LogP) is 5.61. The van der Waals surface area contributed by atoms with E-state index in [-0.39, 0.29) is 6.03 Å². The summed E-state index contributed by atoms with van der Waals surface area (Å²) in [5.74, 6) is 1.46. The number of anilines is 2. The van der Waals surface area contributed by atoms with Crippen molar-refractivity contribution in [2.24, 2.45) is 0 Å². The lowest BCUT2D eigenvalue weighted by atomic mass is 10.1. The molecule has 1 aliphatic heterocycles. The summed E-state index contributed by atoms with van der Waals surface area (Å²) in [4.78, 5) is 16.9. The van der Waals surface area contributed by atoms with E-state index in [1.54, 1.807) is 0 Å². The molecule has 2 amide bonds. The third-order valence-electron chi connectivity index (χ3n) is 5.21. The summed E-state index contributed by atoms with van der Waals surface area (Å²) in [5.41, 5.74) is 1.94. The summed E-state index contributed by atoms with van der Waals surface area (Å²) in [6, 6.07) is 27.8. The number of nitrogens with zero attached hydrogens (tertiary/aromatic N) is 2. The Labute approximate surface area is 177 Å². The Kier molecular flexibility index (Phi) is 6.18. The number of ether oxygens (including phenoxy) is 1. The standard InChI is InChI=1S/C25H27N3O2/c1-2-16-28(21-11-5-3-6-12-21)22-18-27(19-22)25(29)26-20-10-9-15-24(17-20)30-23-13-7-4-8-14-23/h3-15,17,22H,2,16,18-19H2,1H3,(H,26,29). The lowest BCUT2D eigenvalue weighted by Gasteiger charge is -2.46. The van der Waals surface area contributed by atoms with Crippen molar-refractivity contribution < 1.29 is 9.53 Å². The third-order valence-corrected chi connectivity index (χ3v) is 5.21. The van der Waals surface area contributed by atoms with E-state index in [0.29, 0.717) is 11.8 Å². The molecule has 5 heteroatoms. The zero-order valence-electron chi connectivity index (χ0n) is 17.2. The van der Waals surface area contributed by atoms with Gasteiger partial charge in [-0.25, -0.2) is 4.79 Å². The Hall–Kier alpha value is -3.47. The van der Waals surface area contributed by atoms with Gasteiger partial charge in [0.2, 0.25) is 0 Å². The number of urea groups is 1. The van der Waals surface area contributed by atoms with Gasteiger partial charge in [-0.05, 0) is 42.8 Å². The fourth-order valence-corrected chi connectivity index (χ4v) is 3.67. The quantitative estimate of drug-likeness (QED) is 0.559. The van der Waals surface area contributed by atoms with E-state index in [9.17, 15) is 4.79 Å². The van der Waals surface area contributed by atoms with Gasteiger partial charge in [0.1, 0.15) is 11.5 Å². The lowest BCUT2D eigenvalue weighted by Crippen LogP contribution is -2.62. The molecule has 4 rings (SSSR count). The van der Waals surface area contributed by atoms with E-state index in [1.165, 1.54) is 5.69 Å². The van der Waals surface area contributed by atoms with Crippen LogP contribution >= 0.6 is 0 Å². The van der Waals surface area contributed by atoms with E-state index >= 15 is 0 Å². The molecule has 0 aliphatic carbocycles. The van der Waals surface area contributed by atoms with Gasteiger partial charge in [-0.15, -0.1) is 0 Å². The second kappa shape index (κ2) is 9.35. The van der Waals surface area contributed by atoms with Crippen LogP contribution in [-0.4, -0.2) is 36.6 Å². The van der Waals surface area contributed by atoms with Gasteiger partial charge in [-0.1, -0.05) is 49.4 Å². The van der Waals surface area contributed by atoms with Crippen LogP contribution in [-0.2, 0) is 0 Å². The fourth-order valence-electron chi connectivity index (χ4n) is 3.67. The minimum absolute atomic E-state index is 0.0763. The van der Waals surface area contributed by atoms with Gasteiger partial charge < -0.3 is 19.9 Å². The summed E-state index contributed by atoms with van der Waals surface area (Å²) in [7, 11) is 0. The highest BCUT2D eigenvalue weighted by atomic mass is 16.5. The number of hydrogen-bond donors (Lipinski definition) is 1. The Balaban J connectivity index is 1.34. The Morgan fingerprint density at radius 1 is 0.967 bits per heavy atom. The van der Waals surface area contributed by atoms with Crippen molar-refractivity contribution in [2.45, 2.75) is 19.4 Å². The van der Waals surface area contributed by atoms with E-state index in [0.717, 1.165) is 37.5 Å². The van der Waals surface area contributed by atoms with Gasteiger partial charge >= 0.3 is 6.03 Å². The van der Waals surface area contributed by atoms with Crippen molar-refractivity contribution in [2.75, 3.05) is 29.9 Å². The van der Waals surface area contributed by atoms with Crippen LogP contribution in [0.2, 0.25) is 0 Å². The van der Waals surface area contributed by atoms with Crippen molar-refractivity contribution in [1.29, 1.82) is 0 Å². The number of benzene rings is 3. The van der Waals surface area contributed by atoms with E-state index in [4.69, 9.17) is 4.74 Å². The maximum absolute atomic E-state index is 12.7. The van der Waals surface area contributed by atoms with E-state index in [1.807, 2.05) is 65.6 Å². The average Bonchev–Trinajstić information content (AvgIpc) is 2.74. The number of likely N-dealkylation sites (tertiary alicyclic amines) is 1. The molecular formula is C25H27N3O2. The highest BCUT2D eigenvalue weighted by molar-refractivity contribution is 5.90. The molecule has 0 radical (unpaired) electrons. The van der Waals surface area contributed by atoms with E-state index < -0.39 is 0 Å². The second-order valence-corrected chi connectivity index (χ2v) is 7.46. The lowest BCUT2D eigenvalue weighted by molar-refractivity contribution is 0.161. The maximum atomic E-state index is 12.7. The number of hydrogen-bond acceptors (Lipinski definition) is 3. The van der Waals surface area contributed by atoms with Crippen molar-refractivity contribution in [3.05, 3.63) is 84.9 Å². The van der Waals surface area contributed by atoms with Crippen molar-refractivity contribution in [3.8, 4) is 11.5 Å². The summed E-state index contributed by atoms with van der Waals surface area (Å²) in [5, 5.41) is 2.99.